The number of para-hydroxylation sites is 1. The van der Waals surface area contributed by atoms with Crippen LogP contribution in [0.5, 0.6) is 0 Å². The van der Waals surface area contributed by atoms with Gasteiger partial charge < -0.3 is 5.32 Å². The van der Waals surface area contributed by atoms with Crippen LogP contribution in [0.3, 0.4) is 0 Å². The first-order valence-corrected chi connectivity index (χ1v) is 4.31. The molecule has 0 unspecified atom stereocenters. The molecular weight excluding hydrogens is 146 g/mol. The zero-order chi connectivity index (χ0) is 8.55. The average Bonchev–Trinajstić information content (AvgIpc) is 2.07. The Bertz CT molecular complexity index is 315. The molecule has 1 heteroatoms. The number of nitrogens with one attached hydrogen (secondary N) is 1. The minimum absolute atomic E-state index is 0.555. The van der Waals surface area contributed by atoms with Crippen molar-refractivity contribution in [1.29, 1.82) is 0 Å². The van der Waals surface area contributed by atoms with Crippen LogP contribution in [0.15, 0.2) is 36.5 Å². The summed E-state index contributed by atoms with van der Waals surface area (Å²) in [6.07, 6.45) is 1.11. The van der Waals surface area contributed by atoms with E-state index in [1.165, 1.54) is 11.3 Å². The van der Waals surface area contributed by atoms with Crippen LogP contribution in [0.4, 0.5) is 5.69 Å². The standard InChI is InChI=1S/C11H13N/c1-8-7-10-5-3-4-6-11(10)12-9(8)2/h3-6,8,12H,2,7H2,1H3/t8-/m0/s1. The van der Waals surface area contributed by atoms with Crippen molar-refractivity contribution in [1.82, 2.24) is 0 Å². The second-order valence-corrected chi connectivity index (χ2v) is 3.41. The molecule has 0 spiro atoms. The van der Waals surface area contributed by atoms with Crippen LogP contribution in [-0.4, -0.2) is 0 Å². The Morgan fingerprint density at radius 2 is 2.17 bits per heavy atom. The van der Waals surface area contributed by atoms with Crippen LogP contribution >= 0.6 is 0 Å². The minimum Gasteiger partial charge on any atom is -0.359 e. The van der Waals surface area contributed by atoms with Gasteiger partial charge in [0, 0.05) is 11.4 Å². The van der Waals surface area contributed by atoms with Gasteiger partial charge in [-0.15, -0.1) is 0 Å². The Morgan fingerprint density at radius 3 is 3.00 bits per heavy atom. The van der Waals surface area contributed by atoms with Crippen molar-refractivity contribution in [3.05, 3.63) is 42.1 Å². The molecule has 1 aliphatic heterocycles. The van der Waals surface area contributed by atoms with E-state index in [4.69, 9.17) is 0 Å². The summed E-state index contributed by atoms with van der Waals surface area (Å²) >= 11 is 0. The summed E-state index contributed by atoms with van der Waals surface area (Å²) in [5, 5.41) is 3.32. The smallest absolute Gasteiger partial charge is 0.0414 e. The third-order valence-electron chi connectivity index (χ3n) is 2.43. The van der Waals surface area contributed by atoms with Gasteiger partial charge in [0.15, 0.2) is 0 Å². The topological polar surface area (TPSA) is 12.0 Å². The lowest BCUT2D eigenvalue weighted by Gasteiger charge is -2.25. The molecule has 1 aliphatic rings. The second-order valence-electron chi connectivity index (χ2n) is 3.41. The quantitative estimate of drug-likeness (QED) is 0.613. The Labute approximate surface area is 73.1 Å². The van der Waals surface area contributed by atoms with E-state index in [9.17, 15) is 0 Å². The van der Waals surface area contributed by atoms with Gasteiger partial charge in [-0.25, -0.2) is 0 Å². The molecule has 1 aromatic rings. The molecule has 0 fully saturated rings. The van der Waals surface area contributed by atoms with Crippen LogP contribution < -0.4 is 5.32 Å². The highest BCUT2D eigenvalue weighted by atomic mass is 14.9. The Morgan fingerprint density at radius 1 is 1.42 bits per heavy atom. The summed E-state index contributed by atoms with van der Waals surface area (Å²) in [5.41, 5.74) is 3.76. The Balaban J connectivity index is 2.40. The monoisotopic (exact) mass is 159 g/mol. The van der Waals surface area contributed by atoms with Gasteiger partial charge in [0.1, 0.15) is 0 Å². The summed E-state index contributed by atoms with van der Waals surface area (Å²) in [6, 6.07) is 8.41. The molecule has 1 aromatic carbocycles. The van der Waals surface area contributed by atoms with Crippen LogP contribution in [0.2, 0.25) is 0 Å². The molecule has 0 aliphatic carbocycles. The van der Waals surface area contributed by atoms with E-state index < -0.39 is 0 Å². The summed E-state index contributed by atoms with van der Waals surface area (Å²) in [7, 11) is 0. The van der Waals surface area contributed by atoms with Crippen LogP contribution in [-0.2, 0) is 6.42 Å². The van der Waals surface area contributed by atoms with Crippen molar-refractivity contribution in [2.45, 2.75) is 13.3 Å². The molecule has 0 saturated carbocycles. The minimum atomic E-state index is 0.555. The second kappa shape index (κ2) is 2.67. The number of hydrogen-bond acceptors (Lipinski definition) is 1. The molecular formula is C11H13N. The molecule has 0 amide bonds. The fraction of sp³-hybridized carbons (Fsp3) is 0.273. The fourth-order valence-corrected chi connectivity index (χ4v) is 1.57. The fourth-order valence-electron chi connectivity index (χ4n) is 1.57. The largest absolute Gasteiger partial charge is 0.359 e. The zero-order valence-electron chi connectivity index (χ0n) is 7.30. The molecule has 62 valence electrons. The van der Waals surface area contributed by atoms with Gasteiger partial charge in [0.2, 0.25) is 0 Å². The molecule has 1 nitrogen and oxygen atoms in total. The van der Waals surface area contributed by atoms with Gasteiger partial charge >= 0.3 is 0 Å². The van der Waals surface area contributed by atoms with Crippen molar-refractivity contribution in [2.24, 2.45) is 5.92 Å². The Kier molecular flexibility index (Phi) is 1.65. The molecule has 0 bridgehead atoms. The van der Waals surface area contributed by atoms with E-state index in [1.807, 2.05) is 0 Å². The molecule has 12 heavy (non-hydrogen) atoms. The summed E-state index contributed by atoms with van der Waals surface area (Å²) in [6.45, 7) is 6.18. The first-order valence-electron chi connectivity index (χ1n) is 4.31. The maximum Gasteiger partial charge on any atom is 0.0414 e. The molecule has 0 aromatic heterocycles. The van der Waals surface area contributed by atoms with Gasteiger partial charge in [0.05, 0.1) is 0 Å². The van der Waals surface area contributed by atoms with E-state index in [0.717, 1.165) is 12.1 Å². The van der Waals surface area contributed by atoms with Gasteiger partial charge in [-0.2, -0.15) is 0 Å². The first-order chi connectivity index (χ1) is 5.77. The Hall–Kier alpha value is -1.24. The van der Waals surface area contributed by atoms with Gasteiger partial charge in [-0.05, 0) is 24.0 Å². The third-order valence-corrected chi connectivity index (χ3v) is 2.43. The van der Waals surface area contributed by atoms with E-state index >= 15 is 0 Å². The van der Waals surface area contributed by atoms with Gasteiger partial charge in [0.25, 0.3) is 0 Å². The van der Waals surface area contributed by atoms with Crippen molar-refractivity contribution >= 4 is 5.69 Å². The lowest BCUT2D eigenvalue weighted by atomic mass is 9.93. The van der Waals surface area contributed by atoms with E-state index in [0.29, 0.717) is 5.92 Å². The molecule has 1 atom stereocenters. The third kappa shape index (κ3) is 1.11. The predicted octanol–water partition coefficient (Wildman–Crippen LogP) is 2.80. The van der Waals surface area contributed by atoms with Crippen LogP contribution in [0.1, 0.15) is 12.5 Å². The maximum absolute atomic E-state index is 3.98. The SMILES string of the molecule is C=C1Nc2ccccc2C[C@@H]1C. The summed E-state index contributed by atoms with van der Waals surface area (Å²) < 4.78 is 0. The highest BCUT2D eigenvalue weighted by molar-refractivity contribution is 5.57. The van der Waals surface area contributed by atoms with Crippen molar-refractivity contribution < 1.29 is 0 Å². The highest BCUT2D eigenvalue weighted by Gasteiger charge is 2.16. The van der Waals surface area contributed by atoms with Gasteiger partial charge in [-0.3, -0.25) is 0 Å². The molecule has 0 saturated heterocycles. The van der Waals surface area contributed by atoms with E-state index in [-0.39, 0.29) is 0 Å². The molecule has 0 radical (unpaired) electrons. The van der Waals surface area contributed by atoms with Crippen molar-refractivity contribution in [2.75, 3.05) is 5.32 Å². The van der Waals surface area contributed by atoms with Gasteiger partial charge in [-0.1, -0.05) is 31.7 Å². The predicted molar refractivity (Wildman–Crippen MR) is 52.1 cm³/mol. The van der Waals surface area contributed by atoms with Crippen molar-refractivity contribution in [3.63, 3.8) is 0 Å². The zero-order valence-corrected chi connectivity index (χ0v) is 7.30. The first kappa shape index (κ1) is 7.41. The summed E-state index contributed by atoms with van der Waals surface area (Å²) in [5.74, 6) is 0.555. The molecule has 1 heterocycles. The molecule has 2 rings (SSSR count). The number of allylic oxidation sites excluding steroid dienone is 1. The van der Waals surface area contributed by atoms with E-state index in [2.05, 4.69) is 43.1 Å². The molecule has 1 N–H and O–H groups in total. The normalized spacial score (nSPS) is 21.4. The number of hydrogen-bond donors (Lipinski definition) is 1. The number of rotatable bonds is 0. The van der Waals surface area contributed by atoms with Crippen LogP contribution in [0, 0.1) is 5.92 Å². The summed E-state index contributed by atoms with van der Waals surface area (Å²) in [4.78, 5) is 0. The van der Waals surface area contributed by atoms with Crippen LogP contribution in [0.25, 0.3) is 0 Å². The van der Waals surface area contributed by atoms with Crippen molar-refractivity contribution in [3.8, 4) is 0 Å². The number of benzene rings is 1. The number of anilines is 1. The maximum atomic E-state index is 3.98. The lowest BCUT2D eigenvalue weighted by Crippen LogP contribution is -2.17. The van der Waals surface area contributed by atoms with E-state index in [1.54, 1.807) is 0 Å². The lowest BCUT2D eigenvalue weighted by molar-refractivity contribution is 0.668. The average molecular weight is 159 g/mol. The number of fused-ring (bicyclic) bond motifs is 1. The highest BCUT2D eigenvalue weighted by Crippen LogP contribution is 2.28.